The van der Waals surface area contributed by atoms with Gasteiger partial charge in [0.05, 0.1) is 31.5 Å². The number of ether oxygens (including phenoxy) is 6. The molecule has 0 radical (unpaired) electrons. The summed E-state index contributed by atoms with van der Waals surface area (Å²) in [6.45, 7) is 0.247. The van der Waals surface area contributed by atoms with Crippen molar-refractivity contribution in [1.29, 1.82) is 0 Å². The van der Waals surface area contributed by atoms with Crippen LogP contribution in [-0.4, -0.2) is 67.8 Å². The molecule has 0 amide bonds. The van der Waals surface area contributed by atoms with Crippen LogP contribution in [0.5, 0.6) is 17.2 Å². The van der Waals surface area contributed by atoms with E-state index in [1.165, 1.54) is 30.3 Å². The Kier molecular flexibility index (Phi) is 8.09. The van der Waals surface area contributed by atoms with E-state index in [1.807, 2.05) is 0 Å². The smallest absolute Gasteiger partial charge is 0.343 e. The molecule has 10 nitrogen and oxygen atoms in total. The van der Waals surface area contributed by atoms with Crippen LogP contribution in [0, 0.1) is 0 Å². The lowest BCUT2D eigenvalue weighted by atomic mass is 10.1. The quantitative estimate of drug-likeness (QED) is 0.255. The van der Waals surface area contributed by atoms with Gasteiger partial charge < -0.3 is 33.5 Å². The van der Waals surface area contributed by atoms with Gasteiger partial charge in [-0.2, -0.15) is 0 Å². The van der Waals surface area contributed by atoms with Gasteiger partial charge in [-0.3, -0.25) is 0 Å². The standard InChI is InChI=1S/C30H26O10/c1-35-22-13-7-20(8-14-22)30(34)40-25-17-37-27-24(16-36-28(25)27)39-26(32)15-4-18-2-11-23(12-3-18)38-29(33)19-5-9-21(31)10-6-19/h2-15,24-25,27-28,31H,16-17H2,1H3/b15-4+. The number of methoxy groups -OCH3 is 1. The van der Waals surface area contributed by atoms with E-state index in [4.69, 9.17) is 28.4 Å². The van der Waals surface area contributed by atoms with Gasteiger partial charge in [0.2, 0.25) is 0 Å². The molecule has 4 unspecified atom stereocenters. The van der Waals surface area contributed by atoms with Crippen LogP contribution < -0.4 is 9.47 Å². The second-order valence-corrected chi connectivity index (χ2v) is 9.08. The van der Waals surface area contributed by atoms with E-state index in [-0.39, 0.29) is 19.0 Å². The van der Waals surface area contributed by atoms with Crippen molar-refractivity contribution in [3.8, 4) is 17.2 Å². The van der Waals surface area contributed by atoms with Crippen LogP contribution in [0.3, 0.4) is 0 Å². The molecule has 2 fully saturated rings. The summed E-state index contributed by atoms with van der Waals surface area (Å²) in [6.07, 6.45) is 0.486. The second-order valence-electron chi connectivity index (χ2n) is 9.08. The van der Waals surface area contributed by atoms with Crippen molar-refractivity contribution in [2.45, 2.75) is 24.4 Å². The zero-order valence-electron chi connectivity index (χ0n) is 21.4. The summed E-state index contributed by atoms with van der Waals surface area (Å²) in [5, 5.41) is 9.33. The van der Waals surface area contributed by atoms with Gasteiger partial charge in [0.1, 0.15) is 29.5 Å². The Morgan fingerprint density at radius 1 is 0.750 bits per heavy atom. The molecule has 5 rings (SSSR count). The number of benzene rings is 3. The van der Waals surface area contributed by atoms with Crippen molar-refractivity contribution >= 4 is 24.0 Å². The molecule has 0 bridgehead atoms. The molecule has 0 aromatic heterocycles. The molecule has 2 aliphatic heterocycles. The van der Waals surface area contributed by atoms with E-state index in [9.17, 15) is 19.5 Å². The van der Waals surface area contributed by atoms with Crippen LogP contribution in [0.1, 0.15) is 26.3 Å². The molecule has 206 valence electrons. The topological polar surface area (TPSA) is 127 Å². The molecule has 3 aromatic rings. The number of carbonyl (C=O) groups is 3. The lowest BCUT2D eigenvalue weighted by molar-refractivity contribution is -0.147. The van der Waals surface area contributed by atoms with Crippen molar-refractivity contribution in [2.75, 3.05) is 20.3 Å². The highest BCUT2D eigenvalue weighted by molar-refractivity contribution is 5.91. The van der Waals surface area contributed by atoms with Crippen molar-refractivity contribution in [3.05, 3.63) is 95.6 Å². The van der Waals surface area contributed by atoms with Crippen molar-refractivity contribution < 1.29 is 47.9 Å². The van der Waals surface area contributed by atoms with E-state index in [0.29, 0.717) is 28.2 Å². The van der Waals surface area contributed by atoms with Crippen molar-refractivity contribution in [2.24, 2.45) is 0 Å². The normalized spacial score (nSPS) is 21.5. The van der Waals surface area contributed by atoms with Crippen molar-refractivity contribution in [1.82, 2.24) is 0 Å². The monoisotopic (exact) mass is 546 g/mol. The first kappa shape index (κ1) is 26.9. The predicted molar refractivity (Wildman–Crippen MR) is 140 cm³/mol. The fourth-order valence-corrected chi connectivity index (χ4v) is 4.33. The molecule has 40 heavy (non-hydrogen) atoms. The van der Waals surface area contributed by atoms with Gasteiger partial charge in [0, 0.05) is 6.08 Å². The van der Waals surface area contributed by atoms with E-state index < -0.39 is 42.3 Å². The highest BCUT2D eigenvalue weighted by atomic mass is 16.7. The SMILES string of the molecule is COc1ccc(C(=O)OC2COC3C(OC(=O)/C=C/c4ccc(OC(=O)c5ccc(O)cc5)cc4)COC23)cc1. The van der Waals surface area contributed by atoms with Crippen LogP contribution in [0.25, 0.3) is 6.08 Å². The largest absolute Gasteiger partial charge is 0.508 e. The highest BCUT2D eigenvalue weighted by Crippen LogP contribution is 2.31. The summed E-state index contributed by atoms with van der Waals surface area (Å²) < 4.78 is 33.0. The predicted octanol–water partition coefficient (Wildman–Crippen LogP) is 3.57. The Labute approximate surface area is 229 Å². The Morgan fingerprint density at radius 2 is 1.30 bits per heavy atom. The molecule has 0 aliphatic carbocycles. The molecule has 3 aromatic carbocycles. The Morgan fingerprint density at radius 3 is 1.93 bits per heavy atom. The minimum atomic E-state index is -0.645. The number of fused-ring (bicyclic) bond motifs is 1. The number of rotatable bonds is 8. The van der Waals surface area contributed by atoms with Gasteiger partial charge >= 0.3 is 17.9 Å². The van der Waals surface area contributed by atoms with Crippen molar-refractivity contribution in [3.63, 3.8) is 0 Å². The second kappa shape index (κ2) is 12.0. The van der Waals surface area contributed by atoms with Gasteiger partial charge in [-0.1, -0.05) is 12.1 Å². The van der Waals surface area contributed by atoms with Crippen LogP contribution in [-0.2, 0) is 23.7 Å². The first-order valence-corrected chi connectivity index (χ1v) is 12.5. The third-order valence-electron chi connectivity index (χ3n) is 6.42. The maximum absolute atomic E-state index is 12.5. The molecular weight excluding hydrogens is 520 g/mol. The molecule has 2 saturated heterocycles. The minimum absolute atomic E-state index is 0.0534. The Balaban J connectivity index is 1.10. The average Bonchev–Trinajstić information content (AvgIpc) is 3.56. The highest BCUT2D eigenvalue weighted by Gasteiger charge is 2.51. The molecule has 4 atom stereocenters. The summed E-state index contributed by atoms with van der Waals surface area (Å²) in [4.78, 5) is 37.2. The lowest BCUT2D eigenvalue weighted by Crippen LogP contribution is -2.35. The van der Waals surface area contributed by atoms with Gasteiger partial charge in [-0.15, -0.1) is 0 Å². The van der Waals surface area contributed by atoms with Crippen LogP contribution >= 0.6 is 0 Å². The van der Waals surface area contributed by atoms with E-state index in [2.05, 4.69) is 0 Å². The van der Waals surface area contributed by atoms with E-state index in [0.717, 1.165) is 0 Å². The maximum atomic E-state index is 12.5. The summed E-state index contributed by atoms with van der Waals surface area (Å²) in [5.41, 5.74) is 1.36. The molecule has 1 N–H and O–H groups in total. The first-order chi connectivity index (χ1) is 19.4. The summed E-state index contributed by atoms with van der Waals surface area (Å²) >= 11 is 0. The van der Waals surface area contributed by atoms with E-state index >= 15 is 0 Å². The lowest BCUT2D eigenvalue weighted by Gasteiger charge is -2.17. The van der Waals surface area contributed by atoms with Crippen LogP contribution in [0.4, 0.5) is 0 Å². The molecular formula is C30H26O10. The number of hydrogen-bond donors (Lipinski definition) is 1. The zero-order valence-corrected chi connectivity index (χ0v) is 21.4. The van der Waals surface area contributed by atoms with Gasteiger partial charge in [0.25, 0.3) is 0 Å². The Hall–Kier alpha value is -4.67. The number of phenolic OH excluding ortho intramolecular Hbond substituents is 1. The molecule has 0 saturated carbocycles. The molecule has 0 spiro atoms. The van der Waals surface area contributed by atoms with Gasteiger partial charge in [-0.25, -0.2) is 14.4 Å². The molecule has 10 heteroatoms. The fraction of sp³-hybridized carbons (Fsp3) is 0.233. The van der Waals surface area contributed by atoms with E-state index in [1.54, 1.807) is 61.7 Å². The number of phenols is 1. The minimum Gasteiger partial charge on any atom is -0.508 e. The molecule has 2 aliphatic rings. The van der Waals surface area contributed by atoms with Crippen LogP contribution in [0.15, 0.2) is 78.9 Å². The number of aromatic hydroxyl groups is 1. The summed E-state index contributed by atoms with van der Waals surface area (Å²) in [5.74, 6) is -0.645. The number of hydrogen-bond acceptors (Lipinski definition) is 10. The Bertz CT molecular complexity index is 1380. The zero-order chi connectivity index (χ0) is 28.1. The van der Waals surface area contributed by atoms with Gasteiger partial charge in [0.15, 0.2) is 12.2 Å². The summed E-state index contributed by atoms with van der Waals surface area (Å²) in [6, 6.07) is 18.8. The number of carbonyl (C=O) groups excluding carboxylic acids is 3. The maximum Gasteiger partial charge on any atom is 0.343 e. The van der Waals surface area contributed by atoms with Crippen LogP contribution in [0.2, 0.25) is 0 Å². The third-order valence-corrected chi connectivity index (χ3v) is 6.42. The first-order valence-electron chi connectivity index (χ1n) is 12.5. The average molecular weight is 547 g/mol. The third kappa shape index (κ3) is 6.31. The van der Waals surface area contributed by atoms with Gasteiger partial charge in [-0.05, 0) is 72.3 Å². The fourth-order valence-electron chi connectivity index (χ4n) is 4.33. The number of esters is 3. The molecule has 2 heterocycles. The summed E-state index contributed by atoms with van der Waals surface area (Å²) in [7, 11) is 1.54.